The number of nitrogens with one attached hydrogen (secondary N) is 2. The van der Waals surface area contributed by atoms with E-state index in [1.54, 1.807) is 26.0 Å². The van der Waals surface area contributed by atoms with E-state index in [-0.39, 0.29) is 17.5 Å². The Hall–Kier alpha value is -3.66. The first-order chi connectivity index (χ1) is 13.4. The minimum absolute atomic E-state index is 0.0211. The van der Waals surface area contributed by atoms with Gasteiger partial charge >= 0.3 is 17.5 Å². The van der Waals surface area contributed by atoms with Crippen molar-refractivity contribution in [2.75, 3.05) is 5.43 Å². The standard InChI is InChI=1S/C17H14ClN5O5/c1-9-6-11(7-10(2)13(9)18)28-17-14(23(25)26)15(19-8-20-17)21-22-16(24)12-4-3-5-27-12/h3-8H,1-2H3,(H,22,24)(H,19,20,21). The lowest BCUT2D eigenvalue weighted by atomic mass is 10.1. The predicted molar refractivity (Wildman–Crippen MR) is 99.5 cm³/mol. The number of anilines is 1. The van der Waals surface area contributed by atoms with Crippen molar-refractivity contribution in [1.82, 2.24) is 15.4 Å². The van der Waals surface area contributed by atoms with E-state index in [4.69, 9.17) is 20.8 Å². The lowest BCUT2D eigenvalue weighted by molar-refractivity contribution is -0.385. The van der Waals surface area contributed by atoms with Crippen molar-refractivity contribution >= 4 is 29.0 Å². The van der Waals surface area contributed by atoms with E-state index in [1.165, 1.54) is 18.4 Å². The molecule has 0 saturated carbocycles. The average Bonchev–Trinajstić information content (AvgIpc) is 3.18. The van der Waals surface area contributed by atoms with Crippen LogP contribution in [0.25, 0.3) is 0 Å². The van der Waals surface area contributed by atoms with E-state index < -0.39 is 16.5 Å². The van der Waals surface area contributed by atoms with Crippen LogP contribution in [-0.4, -0.2) is 20.8 Å². The van der Waals surface area contributed by atoms with Gasteiger partial charge in [-0.3, -0.25) is 25.8 Å². The van der Waals surface area contributed by atoms with E-state index in [1.807, 2.05) is 0 Å². The quantitative estimate of drug-likeness (QED) is 0.469. The molecule has 2 aromatic heterocycles. The van der Waals surface area contributed by atoms with Gasteiger partial charge in [0.1, 0.15) is 12.1 Å². The molecule has 0 aliphatic rings. The molecule has 0 radical (unpaired) electrons. The van der Waals surface area contributed by atoms with Crippen molar-refractivity contribution in [3.8, 4) is 11.6 Å². The second kappa shape index (κ2) is 7.92. The first-order valence-corrected chi connectivity index (χ1v) is 8.28. The maximum absolute atomic E-state index is 11.9. The number of hydrazine groups is 1. The maximum atomic E-state index is 11.9. The number of rotatable bonds is 6. The summed E-state index contributed by atoms with van der Waals surface area (Å²) in [4.78, 5) is 30.4. The van der Waals surface area contributed by atoms with Gasteiger partial charge in [0.2, 0.25) is 5.82 Å². The number of benzene rings is 1. The van der Waals surface area contributed by atoms with Crippen LogP contribution in [0.2, 0.25) is 5.02 Å². The highest BCUT2D eigenvalue weighted by molar-refractivity contribution is 6.32. The van der Waals surface area contributed by atoms with Gasteiger partial charge < -0.3 is 9.15 Å². The number of hydrogen-bond donors (Lipinski definition) is 2. The molecule has 0 bridgehead atoms. The minimum atomic E-state index is -0.716. The molecule has 0 unspecified atom stereocenters. The zero-order valence-corrected chi connectivity index (χ0v) is 15.5. The summed E-state index contributed by atoms with van der Waals surface area (Å²) in [5.74, 6) is -0.836. The zero-order chi connectivity index (χ0) is 20.3. The lowest BCUT2D eigenvalue weighted by Crippen LogP contribution is -2.30. The number of nitrogens with zero attached hydrogens (tertiary/aromatic N) is 3. The monoisotopic (exact) mass is 403 g/mol. The molecule has 0 aliphatic heterocycles. The van der Waals surface area contributed by atoms with Crippen LogP contribution >= 0.6 is 11.6 Å². The Labute approximate surface area is 163 Å². The van der Waals surface area contributed by atoms with E-state index in [0.29, 0.717) is 10.8 Å². The topological polar surface area (TPSA) is 132 Å². The van der Waals surface area contributed by atoms with Gasteiger partial charge in [0, 0.05) is 5.02 Å². The number of aromatic nitrogens is 2. The van der Waals surface area contributed by atoms with Crippen LogP contribution in [0.3, 0.4) is 0 Å². The van der Waals surface area contributed by atoms with Crippen LogP contribution in [0.15, 0.2) is 41.3 Å². The van der Waals surface area contributed by atoms with Gasteiger partial charge in [-0.15, -0.1) is 0 Å². The van der Waals surface area contributed by atoms with Crippen molar-refractivity contribution in [3.05, 3.63) is 68.9 Å². The number of aryl methyl sites for hydroxylation is 2. The van der Waals surface area contributed by atoms with Crippen molar-refractivity contribution in [2.45, 2.75) is 13.8 Å². The Bertz CT molecular complexity index is 1020. The molecule has 0 aliphatic carbocycles. The van der Waals surface area contributed by atoms with Crippen LogP contribution in [0.5, 0.6) is 11.6 Å². The molecule has 11 heteroatoms. The van der Waals surface area contributed by atoms with Crippen LogP contribution in [0, 0.1) is 24.0 Å². The van der Waals surface area contributed by atoms with Gasteiger partial charge in [0.05, 0.1) is 11.2 Å². The van der Waals surface area contributed by atoms with E-state index in [2.05, 4.69) is 20.8 Å². The van der Waals surface area contributed by atoms with E-state index in [0.717, 1.165) is 17.5 Å². The summed E-state index contributed by atoms with van der Waals surface area (Å²) >= 11 is 6.13. The van der Waals surface area contributed by atoms with Gasteiger partial charge in [-0.2, -0.15) is 4.98 Å². The molecule has 144 valence electrons. The molecule has 1 amide bonds. The highest BCUT2D eigenvalue weighted by atomic mass is 35.5. The number of amides is 1. The third-order valence-electron chi connectivity index (χ3n) is 3.64. The maximum Gasteiger partial charge on any atom is 0.374 e. The lowest BCUT2D eigenvalue weighted by Gasteiger charge is -2.11. The first kappa shape index (κ1) is 19.1. The Kier molecular flexibility index (Phi) is 5.41. The molecule has 2 N–H and O–H groups in total. The van der Waals surface area contributed by atoms with Crippen molar-refractivity contribution in [3.63, 3.8) is 0 Å². The fourth-order valence-corrected chi connectivity index (χ4v) is 2.46. The number of hydrogen-bond acceptors (Lipinski definition) is 8. The highest BCUT2D eigenvalue weighted by Gasteiger charge is 2.26. The summed E-state index contributed by atoms with van der Waals surface area (Å²) in [6.07, 6.45) is 2.39. The van der Waals surface area contributed by atoms with Gasteiger partial charge in [0.15, 0.2) is 5.76 Å². The summed E-state index contributed by atoms with van der Waals surface area (Å²) in [6, 6.07) is 6.23. The van der Waals surface area contributed by atoms with Crippen LogP contribution in [-0.2, 0) is 0 Å². The van der Waals surface area contributed by atoms with Crippen molar-refractivity contribution in [1.29, 1.82) is 0 Å². The molecule has 0 atom stereocenters. The van der Waals surface area contributed by atoms with Crippen LogP contribution < -0.4 is 15.6 Å². The second-order valence-corrected chi connectivity index (χ2v) is 6.04. The molecule has 0 spiro atoms. The summed E-state index contributed by atoms with van der Waals surface area (Å²) in [7, 11) is 0. The summed E-state index contributed by atoms with van der Waals surface area (Å²) in [5, 5.41) is 12.1. The van der Waals surface area contributed by atoms with Crippen molar-refractivity contribution in [2.24, 2.45) is 0 Å². The van der Waals surface area contributed by atoms with Gasteiger partial charge in [0.25, 0.3) is 0 Å². The molecule has 0 saturated heterocycles. The Morgan fingerprint density at radius 1 is 1.29 bits per heavy atom. The molecular formula is C17H14ClN5O5. The van der Waals surface area contributed by atoms with Gasteiger partial charge in [-0.25, -0.2) is 4.98 Å². The average molecular weight is 404 g/mol. The van der Waals surface area contributed by atoms with Crippen LogP contribution in [0.1, 0.15) is 21.7 Å². The van der Waals surface area contributed by atoms with E-state index >= 15 is 0 Å². The Morgan fingerprint density at radius 3 is 2.61 bits per heavy atom. The third kappa shape index (κ3) is 4.01. The Morgan fingerprint density at radius 2 is 2.00 bits per heavy atom. The molecule has 10 nitrogen and oxygen atoms in total. The number of carbonyl (C=O) groups is 1. The largest absolute Gasteiger partial charge is 0.459 e. The van der Waals surface area contributed by atoms with Crippen LogP contribution in [0.4, 0.5) is 11.5 Å². The Balaban J connectivity index is 1.87. The minimum Gasteiger partial charge on any atom is -0.459 e. The number of halogens is 1. The number of carbonyl (C=O) groups excluding carboxylic acids is 1. The normalized spacial score (nSPS) is 10.4. The molecule has 0 fully saturated rings. The fourth-order valence-electron chi connectivity index (χ4n) is 2.36. The van der Waals surface area contributed by atoms with Gasteiger partial charge in [-0.1, -0.05) is 11.6 Å². The fraction of sp³-hybridized carbons (Fsp3) is 0.118. The molecule has 1 aromatic carbocycles. The SMILES string of the molecule is Cc1cc(Oc2ncnc(NNC(=O)c3ccco3)c2[N+](=O)[O-])cc(C)c1Cl. The molecular weight excluding hydrogens is 390 g/mol. The number of nitro groups is 1. The molecule has 28 heavy (non-hydrogen) atoms. The summed E-state index contributed by atoms with van der Waals surface area (Å²) in [5.41, 5.74) is 5.60. The van der Waals surface area contributed by atoms with Crippen molar-refractivity contribution < 1.29 is 18.9 Å². The summed E-state index contributed by atoms with van der Waals surface area (Å²) < 4.78 is 10.5. The van der Waals surface area contributed by atoms with E-state index in [9.17, 15) is 14.9 Å². The molecule has 3 aromatic rings. The second-order valence-electron chi connectivity index (χ2n) is 5.66. The summed E-state index contributed by atoms with van der Waals surface area (Å²) in [6.45, 7) is 3.57. The zero-order valence-electron chi connectivity index (χ0n) is 14.7. The third-order valence-corrected chi connectivity index (χ3v) is 4.23. The number of ether oxygens (including phenoxy) is 1. The first-order valence-electron chi connectivity index (χ1n) is 7.90. The highest BCUT2D eigenvalue weighted by Crippen LogP contribution is 2.35. The molecule has 2 heterocycles. The predicted octanol–water partition coefficient (Wildman–Crippen LogP) is 3.80. The molecule has 3 rings (SSSR count). The smallest absolute Gasteiger partial charge is 0.374 e. The van der Waals surface area contributed by atoms with Gasteiger partial charge in [-0.05, 0) is 49.2 Å². The number of furan rings is 1.